The number of hydrogen-bond donors (Lipinski definition) is 1. The summed E-state index contributed by atoms with van der Waals surface area (Å²) in [6.45, 7) is 1.40. The van der Waals surface area contributed by atoms with E-state index in [4.69, 9.17) is 4.74 Å². The first-order valence-electron chi connectivity index (χ1n) is 6.97. The second-order valence-electron chi connectivity index (χ2n) is 4.94. The van der Waals surface area contributed by atoms with Crippen LogP contribution in [0.5, 0.6) is 5.75 Å². The molecule has 24 heavy (non-hydrogen) atoms. The average Bonchev–Trinajstić information content (AvgIpc) is 2.56. The minimum Gasteiger partial charge on any atom is -0.483 e. The van der Waals surface area contributed by atoms with Gasteiger partial charge in [-0.2, -0.15) is 0 Å². The molecule has 1 N–H and O–H groups in total. The van der Waals surface area contributed by atoms with Gasteiger partial charge in [0.15, 0.2) is 18.2 Å². The van der Waals surface area contributed by atoms with Crippen molar-refractivity contribution in [2.75, 3.05) is 19.0 Å². The Kier molecular flexibility index (Phi) is 5.47. The van der Waals surface area contributed by atoms with Crippen LogP contribution >= 0.6 is 0 Å². The molecule has 0 bridgehead atoms. The highest BCUT2D eigenvalue weighted by Crippen LogP contribution is 2.20. The maximum absolute atomic E-state index is 13.1. The summed E-state index contributed by atoms with van der Waals surface area (Å²) >= 11 is 0. The van der Waals surface area contributed by atoms with Crippen LogP contribution in [-0.2, 0) is 9.53 Å². The van der Waals surface area contributed by atoms with E-state index >= 15 is 0 Å². The lowest BCUT2D eigenvalue weighted by molar-refractivity contribution is -0.118. The van der Waals surface area contributed by atoms with Crippen molar-refractivity contribution in [3.05, 3.63) is 59.2 Å². The number of benzene rings is 2. The van der Waals surface area contributed by atoms with Crippen molar-refractivity contribution in [3.8, 4) is 5.75 Å². The van der Waals surface area contributed by atoms with Crippen molar-refractivity contribution in [2.24, 2.45) is 0 Å². The molecule has 0 spiro atoms. The molecule has 0 aliphatic heterocycles. The van der Waals surface area contributed by atoms with E-state index in [2.05, 4.69) is 10.1 Å². The summed E-state index contributed by atoms with van der Waals surface area (Å²) in [6, 6.07) is 7.72. The number of aryl methyl sites for hydroxylation is 1. The van der Waals surface area contributed by atoms with Gasteiger partial charge in [0.25, 0.3) is 5.91 Å². The molecule has 0 atom stereocenters. The fraction of sp³-hybridized carbons (Fsp3) is 0.176. The number of halogens is 2. The van der Waals surface area contributed by atoms with E-state index in [1.165, 1.54) is 19.2 Å². The summed E-state index contributed by atoms with van der Waals surface area (Å²) in [6.07, 6.45) is 0. The van der Waals surface area contributed by atoms with Crippen LogP contribution in [0.2, 0.25) is 0 Å². The van der Waals surface area contributed by atoms with Gasteiger partial charge in [0.2, 0.25) is 0 Å². The molecule has 1 amide bonds. The van der Waals surface area contributed by atoms with Crippen LogP contribution in [0.3, 0.4) is 0 Å². The minimum absolute atomic E-state index is 0.113. The molecule has 0 heterocycles. The van der Waals surface area contributed by atoms with Gasteiger partial charge in [0.05, 0.1) is 12.7 Å². The largest absolute Gasteiger partial charge is 0.483 e. The maximum Gasteiger partial charge on any atom is 0.337 e. The first kappa shape index (κ1) is 17.4. The lowest BCUT2D eigenvalue weighted by Gasteiger charge is -2.11. The molecule has 0 saturated heterocycles. The Labute approximate surface area is 137 Å². The van der Waals surface area contributed by atoms with Gasteiger partial charge in [-0.05, 0) is 36.8 Å². The van der Waals surface area contributed by atoms with Crippen molar-refractivity contribution < 1.29 is 27.8 Å². The highest BCUT2D eigenvalue weighted by atomic mass is 19.2. The van der Waals surface area contributed by atoms with E-state index in [0.717, 1.165) is 17.7 Å². The van der Waals surface area contributed by atoms with Crippen LogP contribution in [0.4, 0.5) is 14.5 Å². The molecule has 0 radical (unpaired) electrons. The normalized spacial score (nSPS) is 10.2. The molecule has 0 aliphatic carbocycles. The quantitative estimate of drug-likeness (QED) is 0.853. The van der Waals surface area contributed by atoms with Crippen molar-refractivity contribution >= 4 is 17.6 Å². The first-order chi connectivity index (χ1) is 11.4. The lowest BCUT2D eigenvalue weighted by atomic mass is 10.1. The standard InChI is InChI=1S/C17H15F2NO4/c1-10-3-4-11(17(22)23-2)7-15(10)24-9-16(21)20-12-5-6-13(18)14(19)8-12/h3-8H,9H2,1-2H3,(H,20,21). The van der Waals surface area contributed by atoms with E-state index < -0.39 is 23.5 Å². The number of rotatable bonds is 5. The third-order valence-electron chi connectivity index (χ3n) is 3.17. The Balaban J connectivity index is 2.00. The van der Waals surface area contributed by atoms with Crippen molar-refractivity contribution in [1.82, 2.24) is 0 Å². The van der Waals surface area contributed by atoms with Crippen LogP contribution in [0, 0.1) is 18.6 Å². The van der Waals surface area contributed by atoms with Crippen LogP contribution in [0.1, 0.15) is 15.9 Å². The molecule has 2 rings (SSSR count). The Morgan fingerprint density at radius 1 is 1.08 bits per heavy atom. The van der Waals surface area contributed by atoms with Gasteiger partial charge in [-0.3, -0.25) is 4.79 Å². The highest BCUT2D eigenvalue weighted by molar-refractivity contribution is 5.92. The third-order valence-corrected chi connectivity index (χ3v) is 3.17. The second-order valence-corrected chi connectivity index (χ2v) is 4.94. The lowest BCUT2D eigenvalue weighted by Crippen LogP contribution is -2.20. The zero-order valence-electron chi connectivity index (χ0n) is 13.1. The van der Waals surface area contributed by atoms with Crippen molar-refractivity contribution in [2.45, 2.75) is 6.92 Å². The molecular weight excluding hydrogens is 320 g/mol. The number of methoxy groups -OCH3 is 1. The molecular formula is C17H15F2NO4. The first-order valence-corrected chi connectivity index (χ1v) is 6.97. The fourth-order valence-corrected chi connectivity index (χ4v) is 1.91. The number of hydrogen-bond acceptors (Lipinski definition) is 4. The number of nitrogens with one attached hydrogen (secondary N) is 1. The summed E-state index contributed by atoms with van der Waals surface area (Å²) in [5, 5.41) is 2.39. The molecule has 0 fully saturated rings. The maximum atomic E-state index is 13.1. The summed E-state index contributed by atoms with van der Waals surface area (Å²) in [5.41, 5.74) is 1.13. The van der Waals surface area contributed by atoms with E-state index in [1.54, 1.807) is 19.1 Å². The average molecular weight is 335 g/mol. The van der Waals surface area contributed by atoms with Crippen LogP contribution < -0.4 is 10.1 Å². The number of carbonyl (C=O) groups excluding carboxylic acids is 2. The molecule has 0 saturated carbocycles. The Bertz CT molecular complexity index is 777. The zero-order chi connectivity index (χ0) is 17.7. The summed E-state index contributed by atoms with van der Waals surface area (Å²) < 4.78 is 35.9. The summed E-state index contributed by atoms with van der Waals surface area (Å²) in [5.74, 6) is -2.79. The minimum atomic E-state index is -1.06. The monoisotopic (exact) mass is 335 g/mol. The van der Waals surface area contributed by atoms with Crippen LogP contribution in [-0.4, -0.2) is 25.6 Å². The molecule has 0 unspecified atom stereocenters. The zero-order valence-corrected chi connectivity index (χ0v) is 13.1. The molecule has 5 nitrogen and oxygen atoms in total. The highest BCUT2D eigenvalue weighted by Gasteiger charge is 2.11. The van der Waals surface area contributed by atoms with E-state index in [1.807, 2.05) is 0 Å². The number of carbonyl (C=O) groups is 2. The van der Waals surface area contributed by atoms with Gasteiger partial charge in [-0.25, -0.2) is 13.6 Å². The number of amides is 1. The molecule has 0 aromatic heterocycles. The summed E-state index contributed by atoms with van der Waals surface area (Å²) in [4.78, 5) is 23.3. The van der Waals surface area contributed by atoms with Gasteiger partial charge in [-0.1, -0.05) is 6.07 Å². The van der Waals surface area contributed by atoms with E-state index in [9.17, 15) is 18.4 Å². The van der Waals surface area contributed by atoms with Crippen LogP contribution in [0.15, 0.2) is 36.4 Å². The Hall–Kier alpha value is -2.96. The predicted octanol–water partition coefficient (Wildman–Crippen LogP) is 3.08. The SMILES string of the molecule is COC(=O)c1ccc(C)c(OCC(=O)Nc2ccc(F)c(F)c2)c1. The van der Waals surface area contributed by atoms with E-state index in [0.29, 0.717) is 11.3 Å². The number of esters is 1. The van der Waals surface area contributed by atoms with Crippen molar-refractivity contribution in [1.29, 1.82) is 0 Å². The Morgan fingerprint density at radius 2 is 1.83 bits per heavy atom. The van der Waals surface area contributed by atoms with Gasteiger partial charge >= 0.3 is 5.97 Å². The third kappa shape index (κ3) is 4.28. The summed E-state index contributed by atoms with van der Waals surface area (Å²) in [7, 11) is 1.26. The Morgan fingerprint density at radius 3 is 2.50 bits per heavy atom. The number of anilines is 1. The molecule has 0 aliphatic rings. The smallest absolute Gasteiger partial charge is 0.337 e. The van der Waals surface area contributed by atoms with Gasteiger partial charge in [0.1, 0.15) is 5.75 Å². The number of ether oxygens (including phenoxy) is 2. The molecule has 126 valence electrons. The molecule has 2 aromatic rings. The van der Waals surface area contributed by atoms with E-state index in [-0.39, 0.29) is 12.3 Å². The fourth-order valence-electron chi connectivity index (χ4n) is 1.91. The topological polar surface area (TPSA) is 64.6 Å². The van der Waals surface area contributed by atoms with Crippen LogP contribution in [0.25, 0.3) is 0 Å². The second kappa shape index (κ2) is 7.54. The molecule has 2 aromatic carbocycles. The molecule has 7 heteroatoms. The van der Waals surface area contributed by atoms with Gasteiger partial charge < -0.3 is 14.8 Å². The van der Waals surface area contributed by atoms with Gasteiger partial charge in [-0.15, -0.1) is 0 Å². The van der Waals surface area contributed by atoms with Gasteiger partial charge in [0, 0.05) is 11.8 Å². The van der Waals surface area contributed by atoms with Crippen molar-refractivity contribution in [3.63, 3.8) is 0 Å². The predicted molar refractivity (Wildman–Crippen MR) is 83.0 cm³/mol.